The fraction of sp³-hybridized carbons (Fsp3) is 0.357. The van der Waals surface area contributed by atoms with Crippen molar-refractivity contribution < 1.29 is 4.79 Å². The highest BCUT2D eigenvalue weighted by molar-refractivity contribution is 7.98. The minimum absolute atomic E-state index is 0.000373. The lowest BCUT2D eigenvalue weighted by Crippen LogP contribution is -2.28. The number of hydrogen-bond donors (Lipinski definition) is 2. The first kappa shape index (κ1) is 13.0. The second kappa shape index (κ2) is 5.96. The van der Waals surface area contributed by atoms with Crippen LogP contribution in [-0.2, 0) is 0 Å². The van der Waals surface area contributed by atoms with Crippen LogP contribution in [0.5, 0.6) is 0 Å². The van der Waals surface area contributed by atoms with Gasteiger partial charge in [-0.3, -0.25) is 4.79 Å². The Kier molecular flexibility index (Phi) is 4.31. The van der Waals surface area contributed by atoms with Crippen molar-refractivity contribution in [3.8, 4) is 0 Å². The smallest absolute Gasteiger partial charge is 0.253 e. The molecule has 0 aliphatic rings. The van der Waals surface area contributed by atoms with Gasteiger partial charge in [-0.05, 0) is 24.0 Å². The molecule has 96 valence electrons. The van der Waals surface area contributed by atoms with E-state index < -0.39 is 0 Å². The zero-order valence-electron chi connectivity index (χ0n) is 10.7. The van der Waals surface area contributed by atoms with Crippen molar-refractivity contribution in [3.63, 3.8) is 0 Å². The Morgan fingerprint density at radius 1 is 1.44 bits per heavy atom. The molecule has 0 fully saturated rings. The van der Waals surface area contributed by atoms with Crippen LogP contribution in [0.15, 0.2) is 30.5 Å². The van der Waals surface area contributed by atoms with Gasteiger partial charge in [0, 0.05) is 23.6 Å². The van der Waals surface area contributed by atoms with Crippen molar-refractivity contribution >= 4 is 28.6 Å². The van der Waals surface area contributed by atoms with Crippen LogP contribution in [0, 0.1) is 5.92 Å². The fourth-order valence-corrected chi connectivity index (χ4v) is 2.65. The largest absolute Gasteiger partial charge is 0.360 e. The fourth-order valence-electron chi connectivity index (χ4n) is 1.96. The summed E-state index contributed by atoms with van der Waals surface area (Å²) in [4.78, 5) is 15.2. The molecule has 1 heterocycles. The monoisotopic (exact) mass is 262 g/mol. The van der Waals surface area contributed by atoms with Gasteiger partial charge in [-0.15, -0.1) is 0 Å². The predicted octanol–water partition coefficient (Wildman–Crippen LogP) is 2.90. The SMILES string of the molecule is CSCC(C)CNC(=O)c1c[nH]c2ccccc12. The number of amides is 1. The van der Waals surface area contributed by atoms with Gasteiger partial charge in [0.05, 0.1) is 5.56 Å². The number of hydrogen-bond acceptors (Lipinski definition) is 2. The maximum absolute atomic E-state index is 12.1. The van der Waals surface area contributed by atoms with Gasteiger partial charge in [-0.2, -0.15) is 11.8 Å². The van der Waals surface area contributed by atoms with Crippen molar-refractivity contribution in [3.05, 3.63) is 36.0 Å². The zero-order valence-corrected chi connectivity index (χ0v) is 11.5. The van der Waals surface area contributed by atoms with Crippen LogP contribution in [0.2, 0.25) is 0 Å². The normalized spacial score (nSPS) is 12.6. The highest BCUT2D eigenvalue weighted by Crippen LogP contribution is 2.17. The van der Waals surface area contributed by atoms with Gasteiger partial charge in [0.2, 0.25) is 0 Å². The molecule has 0 aliphatic heterocycles. The quantitative estimate of drug-likeness (QED) is 0.870. The maximum Gasteiger partial charge on any atom is 0.253 e. The van der Waals surface area contributed by atoms with Gasteiger partial charge < -0.3 is 10.3 Å². The van der Waals surface area contributed by atoms with Crippen molar-refractivity contribution in [2.75, 3.05) is 18.6 Å². The molecule has 0 bridgehead atoms. The lowest BCUT2D eigenvalue weighted by molar-refractivity contribution is 0.0951. The molecule has 3 nitrogen and oxygen atoms in total. The molecule has 2 rings (SSSR count). The summed E-state index contributed by atoms with van der Waals surface area (Å²) in [7, 11) is 0. The van der Waals surface area contributed by atoms with Crippen LogP contribution in [0.1, 0.15) is 17.3 Å². The van der Waals surface area contributed by atoms with Crippen LogP contribution < -0.4 is 5.32 Å². The Bertz CT molecular complexity index is 535. The number of para-hydroxylation sites is 1. The molecular formula is C14H18N2OS. The van der Waals surface area contributed by atoms with Gasteiger partial charge >= 0.3 is 0 Å². The summed E-state index contributed by atoms with van der Waals surface area (Å²) in [6.45, 7) is 2.87. The molecule has 0 saturated carbocycles. The summed E-state index contributed by atoms with van der Waals surface area (Å²) in [5.74, 6) is 1.56. The number of benzene rings is 1. The highest BCUT2D eigenvalue weighted by Gasteiger charge is 2.12. The molecule has 1 atom stereocenters. The van der Waals surface area contributed by atoms with Crippen LogP contribution in [0.25, 0.3) is 10.9 Å². The number of rotatable bonds is 5. The van der Waals surface area contributed by atoms with Gasteiger partial charge in [-0.25, -0.2) is 0 Å². The van der Waals surface area contributed by atoms with Crippen molar-refractivity contribution in [2.24, 2.45) is 5.92 Å². The Labute approximate surface area is 111 Å². The first-order valence-corrected chi connectivity index (χ1v) is 7.45. The molecule has 0 radical (unpaired) electrons. The summed E-state index contributed by atoms with van der Waals surface area (Å²) in [5.41, 5.74) is 1.72. The predicted molar refractivity (Wildman–Crippen MR) is 78.2 cm³/mol. The molecule has 1 unspecified atom stereocenters. The summed E-state index contributed by atoms with van der Waals surface area (Å²) in [6.07, 6.45) is 3.86. The van der Waals surface area contributed by atoms with E-state index in [1.54, 1.807) is 18.0 Å². The van der Waals surface area contributed by atoms with E-state index in [9.17, 15) is 4.79 Å². The first-order valence-electron chi connectivity index (χ1n) is 6.05. The molecule has 2 N–H and O–H groups in total. The van der Waals surface area contributed by atoms with E-state index in [1.165, 1.54) is 0 Å². The molecule has 1 aromatic heterocycles. The van der Waals surface area contributed by atoms with E-state index in [4.69, 9.17) is 0 Å². The third-order valence-electron chi connectivity index (χ3n) is 2.90. The molecule has 1 aromatic carbocycles. The summed E-state index contributed by atoms with van der Waals surface area (Å²) >= 11 is 1.80. The molecule has 18 heavy (non-hydrogen) atoms. The van der Waals surface area contributed by atoms with Crippen LogP contribution in [0.4, 0.5) is 0 Å². The summed E-state index contributed by atoms with van der Waals surface area (Å²) in [6, 6.07) is 7.85. The second-order valence-corrected chi connectivity index (χ2v) is 5.43. The average molecular weight is 262 g/mol. The van der Waals surface area contributed by atoms with Crippen molar-refractivity contribution in [2.45, 2.75) is 6.92 Å². The second-order valence-electron chi connectivity index (χ2n) is 4.52. The molecule has 4 heteroatoms. The third-order valence-corrected chi connectivity index (χ3v) is 3.80. The number of aromatic nitrogens is 1. The van der Waals surface area contributed by atoms with Crippen LogP contribution in [0.3, 0.4) is 0 Å². The van der Waals surface area contributed by atoms with E-state index in [0.29, 0.717) is 5.92 Å². The lowest BCUT2D eigenvalue weighted by atomic mass is 10.1. The van der Waals surface area contributed by atoms with Gasteiger partial charge in [0.25, 0.3) is 5.91 Å². The Morgan fingerprint density at radius 3 is 3.00 bits per heavy atom. The molecule has 0 saturated heterocycles. The summed E-state index contributed by atoms with van der Waals surface area (Å²) in [5, 5.41) is 3.97. The number of H-pyrrole nitrogens is 1. The Morgan fingerprint density at radius 2 is 2.22 bits per heavy atom. The highest BCUT2D eigenvalue weighted by atomic mass is 32.2. The Hall–Kier alpha value is -1.42. The third kappa shape index (κ3) is 2.88. The number of aromatic amines is 1. The lowest BCUT2D eigenvalue weighted by Gasteiger charge is -2.10. The number of carbonyl (C=O) groups is 1. The van der Waals surface area contributed by atoms with Gasteiger partial charge in [0.15, 0.2) is 0 Å². The molecule has 0 aliphatic carbocycles. The molecule has 1 amide bonds. The van der Waals surface area contributed by atoms with E-state index >= 15 is 0 Å². The van der Waals surface area contributed by atoms with Gasteiger partial charge in [0.1, 0.15) is 0 Å². The standard InChI is InChI=1S/C14H18N2OS/c1-10(9-18-2)7-16-14(17)12-8-15-13-6-4-3-5-11(12)13/h3-6,8,10,15H,7,9H2,1-2H3,(H,16,17). The first-order chi connectivity index (χ1) is 8.72. The van der Waals surface area contributed by atoms with Crippen molar-refractivity contribution in [1.29, 1.82) is 0 Å². The number of fused-ring (bicyclic) bond motifs is 1. The maximum atomic E-state index is 12.1. The van der Waals surface area contributed by atoms with E-state index in [2.05, 4.69) is 23.5 Å². The topological polar surface area (TPSA) is 44.9 Å². The number of carbonyl (C=O) groups excluding carboxylic acids is 1. The van der Waals surface area contributed by atoms with E-state index in [0.717, 1.165) is 28.8 Å². The van der Waals surface area contributed by atoms with Crippen LogP contribution in [-0.4, -0.2) is 29.4 Å². The van der Waals surface area contributed by atoms with E-state index in [-0.39, 0.29) is 5.91 Å². The average Bonchev–Trinajstić information content (AvgIpc) is 2.80. The van der Waals surface area contributed by atoms with Crippen LogP contribution >= 0.6 is 11.8 Å². The van der Waals surface area contributed by atoms with Gasteiger partial charge in [-0.1, -0.05) is 25.1 Å². The minimum atomic E-state index is 0.000373. The number of thioether (sulfide) groups is 1. The molecular weight excluding hydrogens is 244 g/mol. The summed E-state index contributed by atoms with van der Waals surface area (Å²) < 4.78 is 0. The zero-order chi connectivity index (χ0) is 13.0. The number of nitrogens with one attached hydrogen (secondary N) is 2. The van der Waals surface area contributed by atoms with Crippen molar-refractivity contribution in [1.82, 2.24) is 10.3 Å². The van der Waals surface area contributed by atoms with E-state index in [1.807, 2.05) is 24.3 Å². The Balaban J connectivity index is 2.05. The molecule has 0 spiro atoms. The molecule has 2 aromatic rings. The minimum Gasteiger partial charge on any atom is -0.360 e.